The lowest BCUT2D eigenvalue weighted by Crippen LogP contribution is -2.22. The number of benzene rings is 1. The highest BCUT2D eigenvalue weighted by atomic mass is 16.5. The van der Waals surface area contributed by atoms with Gasteiger partial charge in [0.1, 0.15) is 17.4 Å². The molecule has 0 radical (unpaired) electrons. The van der Waals surface area contributed by atoms with E-state index in [0.717, 1.165) is 72.8 Å². The predicted octanol–water partition coefficient (Wildman–Crippen LogP) is 5.82. The van der Waals surface area contributed by atoms with Crippen LogP contribution in [-0.2, 0) is 13.0 Å². The molecule has 0 amide bonds. The van der Waals surface area contributed by atoms with Crippen LogP contribution in [0.3, 0.4) is 0 Å². The summed E-state index contributed by atoms with van der Waals surface area (Å²) in [5.41, 5.74) is 4.63. The Hall–Kier alpha value is -3.01. The Labute approximate surface area is 186 Å². The molecule has 1 saturated carbocycles. The second-order valence-corrected chi connectivity index (χ2v) is 8.36. The molecule has 0 atom stereocenters. The van der Waals surface area contributed by atoms with Crippen LogP contribution in [0.1, 0.15) is 43.5 Å². The van der Waals surface area contributed by atoms with E-state index < -0.39 is 0 Å². The summed E-state index contributed by atoms with van der Waals surface area (Å²) in [6.45, 7) is 16.0. The number of ether oxygens (including phenoxy) is 1. The maximum Gasteiger partial charge on any atom is 0.134 e. The van der Waals surface area contributed by atoms with Crippen LogP contribution in [0.25, 0.3) is 5.57 Å². The van der Waals surface area contributed by atoms with Gasteiger partial charge >= 0.3 is 0 Å². The summed E-state index contributed by atoms with van der Waals surface area (Å²) < 4.78 is 5.95. The fraction of sp³-hybridized carbons (Fsp3) is 0.370. The predicted molar refractivity (Wildman–Crippen MR) is 129 cm³/mol. The Balaban J connectivity index is 1.45. The molecule has 1 aromatic heterocycles. The number of aromatic nitrogens is 1. The van der Waals surface area contributed by atoms with E-state index in [1.54, 1.807) is 0 Å². The van der Waals surface area contributed by atoms with Gasteiger partial charge in [-0.05, 0) is 67.5 Å². The van der Waals surface area contributed by atoms with Crippen LogP contribution >= 0.6 is 0 Å². The molecule has 0 spiro atoms. The van der Waals surface area contributed by atoms with Gasteiger partial charge in [0.15, 0.2) is 0 Å². The molecule has 4 heteroatoms. The first-order valence-electron chi connectivity index (χ1n) is 11.3. The molecule has 1 aliphatic heterocycles. The molecule has 31 heavy (non-hydrogen) atoms. The van der Waals surface area contributed by atoms with Crippen molar-refractivity contribution < 1.29 is 4.74 Å². The molecule has 1 saturated heterocycles. The molecular formula is C27H33N3O. The second kappa shape index (κ2) is 9.42. The van der Waals surface area contributed by atoms with E-state index in [2.05, 4.69) is 72.4 Å². The van der Waals surface area contributed by atoms with Gasteiger partial charge in [-0.15, -0.1) is 0 Å². The molecule has 162 valence electrons. The molecule has 1 aromatic carbocycles. The molecule has 0 bridgehead atoms. The van der Waals surface area contributed by atoms with Crippen LogP contribution in [0.15, 0.2) is 67.5 Å². The Kier molecular flexibility index (Phi) is 6.45. The Morgan fingerprint density at radius 2 is 2.06 bits per heavy atom. The summed E-state index contributed by atoms with van der Waals surface area (Å²) in [5.74, 6) is 3.70. The third-order valence-electron chi connectivity index (χ3n) is 6.14. The monoisotopic (exact) mass is 415 g/mol. The van der Waals surface area contributed by atoms with Gasteiger partial charge in [0.25, 0.3) is 0 Å². The van der Waals surface area contributed by atoms with Crippen LogP contribution in [0, 0.1) is 5.92 Å². The minimum Gasteiger partial charge on any atom is -0.493 e. The number of hydrogen-bond acceptors (Lipinski definition) is 4. The lowest BCUT2D eigenvalue weighted by molar-refractivity contribution is 0.299. The van der Waals surface area contributed by atoms with Gasteiger partial charge in [-0.25, -0.2) is 4.98 Å². The molecule has 2 fully saturated rings. The van der Waals surface area contributed by atoms with E-state index in [9.17, 15) is 0 Å². The number of anilines is 1. The molecule has 0 unspecified atom stereocenters. The smallest absolute Gasteiger partial charge is 0.134 e. The van der Waals surface area contributed by atoms with Crippen molar-refractivity contribution in [1.29, 1.82) is 0 Å². The maximum atomic E-state index is 5.95. The molecule has 2 aromatic rings. The highest BCUT2D eigenvalue weighted by Crippen LogP contribution is 2.31. The average Bonchev–Trinajstić information content (AvgIpc) is 3.56. The second-order valence-electron chi connectivity index (χ2n) is 8.36. The van der Waals surface area contributed by atoms with E-state index in [4.69, 9.17) is 9.72 Å². The topological polar surface area (TPSA) is 28.6 Å². The van der Waals surface area contributed by atoms with Gasteiger partial charge < -0.3 is 14.5 Å². The Morgan fingerprint density at radius 3 is 2.77 bits per heavy atom. The summed E-state index contributed by atoms with van der Waals surface area (Å²) in [6, 6.07) is 12.7. The van der Waals surface area contributed by atoms with Crippen molar-refractivity contribution in [2.24, 2.45) is 5.92 Å². The van der Waals surface area contributed by atoms with Crippen LogP contribution in [0.5, 0.6) is 5.75 Å². The number of nitrogens with zero attached hydrogens (tertiary/aromatic N) is 3. The highest BCUT2D eigenvalue weighted by Gasteiger charge is 2.26. The third kappa shape index (κ3) is 4.84. The van der Waals surface area contributed by atoms with Gasteiger partial charge in [-0.1, -0.05) is 44.4 Å². The minimum absolute atomic E-state index is 0.762. The maximum absolute atomic E-state index is 5.95. The number of aryl methyl sites for hydroxylation is 1. The summed E-state index contributed by atoms with van der Waals surface area (Å²) in [6.07, 6.45) is 7.48. The largest absolute Gasteiger partial charge is 0.493 e. The summed E-state index contributed by atoms with van der Waals surface area (Å²) in [4.78, 5) is 9.52. The van der Waals surface area contributed by atoms with Crippen molar-refractivity contribution in [2.75, 3.05) is 24.6 Å². The first-order chi connectivity index (χ1) is 15.1. The van der Waals surface area contributed by atoms with Crippen molar-refractivity contribution in [3.63, 3.8) is 0 Å². The van der Waals surface area contributed by atoms with Crippen molar-refractivity contribution in [3.8, 4) is 5.75 Å². The van der Waals surface area contributed by atoms with E-state index >= 15 is 0 Å². The zero-order valence-corrected chi connectivity index (χ0v) is 18.8. The number of hydrogen-bond donors (Lipinski definition) is 0. The normalized spacial score (nSPS) is 16.7. The van der Waals surface area contributed by atoms with Crippen LogP contribution in [0.4, 0.5) is 5.82 Å². The molecule has 4 nitrogen and oxygen atoms in total. The van der Waals surface area contributed by atoms with Crippen molar-refractivity contribution in [3.05, 3.63) is 84.3 Å². The van der Waals surface area contributed by atoms with Gasteiger partial charge in [0, 0.05) is 25.2 Å². The summed E-state index contributed by atoms with van der Waals surface area (Å²) in [5, 5.41) is 0. The number of pyridine rings is 1. The minimum atomic E-state index is 0.762. The van der Waals surface area contributed by atoms with Gasteiger partial charge in [-0.3, -0.25) is 0 Å². The Bertz CT molecular complexity index is 990. The SMILES string of the molecule is C=C/C(=C\C)c1ccc(N2CCN(Cc3cccc(OCC4CC4)c3)C2=C)nc1CC. The first kappa shape index (κ1) is 21.2. The lowest BCUT2D eigenvalue weighted by atomic mass is 10.0. The molecule has 0 N–H and O–H groups in total. The van der Waals surface area contributed by atoms with Gasteiger partial charge in [0.2, 0.25) is 0 Å². The third-order valence-corrected chi connectivity index (χ3v) is 6.14. The quantitative estimate of drug-likeness (QED) is 0.483. The molecule has 4 rings (SSSR count). The average molecular weight is 416 g/mol. The fourth-order valence-electron chi connectivity index (χ4n) is 4.08. The molecule has 2 aliphatic rings. The van der Waals surface area contributed by atoms with E-state index in [1.807, 2.05) is 13.0 Å². The van der Waals surface area contributed by atoms with Crippen LogP contribution in [0.2, 0.25) is 0 Å². The molecule has 1 aliphatic carbocycles. The van der Waals surface area contributed by atoms with Crippen molar-refractivity contribution in [1.82, 2.24) is 9.88 Å². The summed E-state index contributed by atoms with van der Waals surface area (Å²) >= 11 is 0. The number of rotatable bonds is 9. The standard InChI is InChI=1S/C27H33N3O/c1-5-23(6-2)25-13-14-27(28-26(25)7-3)30-16-15-29(20(30)4)18-22-9-8-10-24(17-22)31-19-21-11-12-21/h5-6,8-10,13-14,17,21H,1,4,7,11-12,15-16,18-19H2,2-3H3/b23-6+. The number of allylic oxidation sites excluding steroid dienone is 3. The first-order valence-corrected chi connectivity index (χ1v) is 11.3. The summed E-state index contributed by atoms with van der Waals surface area (Å²) in [7, 11) is 0. The van der Waals surface area contributed by atoms with Crippen molar-refractivity contribution >= 4 is 11.4 Å². The van der Waals surface area contributed by atoms with Crippen LogP contribution < -0.4 is 9.64 Å². The zero-order chi connectivity index (χ0) is 21.8. The van der Waals surface area contributed by atoms with Crippen LogP contribution in [-0.4, -0.2) is 29.6 Å². The molecule has 2 heterocycles. The Morgan fingerprint density at radius 1 is 1.23 bits per heavy atom. The zero-order valence-electron chi connectivity index (χ0n) is 18.8. The lowest BCUT2D eigenvalue weighted by Gasteiger charge is -2.24. The van der Waals surface area contributed by atoms with E-state index in [1.165, 1.54) is 18.4 Å². The van der Waals surface area contributed by atoms with E-state index in [0.29, 0.717) is 0 Å². The van der Waals surface area contributed by atoms with Gasteiger partial charge in [0.05, 0.1) is 12.3 Å². The fourth-order valence-corrected chi connectivity index (χ4v) is 4.08. The van der Waals surface area contributed by atoms with E-state index in [-0.39, 0.29) is 0 Å². The highest BCUT2D eigenvalue weighted by molar-refractivity contribution is 5.75. The van der Waals surface area contributed by atoms with Gasteiger partial charge in [-0.2, -0.15) is 0 Å². The molecular weight excluding hydrogens is 382 g/mol. The van der Waals surface area contributed by atoms with Crippen molar-refractivity contribution in [2.45, 2.75) is 39.7 Å².